The maximum atomic E-state index is 12.8. The fraction of sp³-hybridized carbons (Fsp3) is 0.655. The lowest BCUT2D eigenvalue weighted by Gasteiger charge is -2.49. The maximum Gasteiger partial charge on any atom is 0.364 e. The second-order valence-corrected chi connectivity index (χ2v) is 11.7. The van der Waals surface area contributed by atoms with Crippen LogP contribution in [0.5, 0.6) is 0 Å². The van der Waals surface area contributed by atoms with Crippen molar-refractivity contribution in [2.24, 2.45) is 0 Å². The van der Waals surface area contributed by atoms with Crippen LogP contribution in [0.4, 0.5) is 0 Å². The molecule has 12 atom stereocenters. The molecule has 270 valence electrons. The molecule has 2 aliphatic heterocycles. The minimum Gasteiger partial charge on any atom is -0.477 e. The SMILES string of the molecule is CC(=O)N[C@H]1[C@H]([C@H](O)[C@H](O)CO)O[C@@](O[C@H](COCc2ccccc2)[C@@H](O)[C@@H]2O[C@@](O)(C(=O)O)C[C@H](O)[C@H]2NC(C)=O)(C(=O)O)C[C@@H]1O. The molecule has 2 saturated heterocycles. The second kappa shape index (κ2) is 16.4. The van der Waals surface area contributed by atoms with Gasteiger partial charge in [-0.3, -0.25) is 9.59 Å². The highest BCUT2D eigenvalue weighted by atomic mass is 16.7. The van der Waals surface area contributed by atoms with Crippen LogP contribution in [0.1, 0.15) is 32.3 Å². The Bertz CT molecular complexity index is 1270. The van der Waals surface area contributed by atoms with Crippen LogP contribution in [0, 0.1) is 0 Å². The molecule has 0 radical (unpaired) electrons. The smallest absolute Gasteiger partial charge is 0.364 e. The van der Waals surface area contributed by atoms with Crippen molar-refractivity contribution in [1.29, 1.82) is 0 Å². The second-order valence-electron chi connectivity index (χ2n) is 11.7. The molecule has 48 heavy (non-hydrogen) atoms. The normalized spacial score (nSPS) is 33.1. The topological polar surface area (TPSA) is 311 Å². The first kappa shape index (κ1) is 39.1. The lowest BCUT2D eigenvalue weighted by atomic mass is 9.87. The number of rotatable bonds is 15. The number of carbonyl (C=O) groups is 4. The Morgan fingerprint density at radius 1 is 0.875 bits per heavy atom. The summed E-state index contributed by atoms with van der Waals surface area (Å²) in [5.41, 5.74) is 0.614. The third kappa shape index (κ3) is 9.21. The molecule has 19 heteroatoms. The number of amides is 2. The number of carboxylic acid groups (broad SMARTS) is 2. The van der Waals surface area contributed by atoms with Crippen molar-refractivity contribution in [1.82, 2.24) is 10.6 Å². The number of carbonyl (C=O) groups excluding carboxylic acids is 2. The zero-order valence-electron chi connectivity index (χ0n) is 26.0. The summed E-state index contributed by atoms with van der Waals surface area (Å²) in [6, 6.07) is 5.33. The largest absolute Gasteiger partial charge is 0.477 e. The minimum absolute atomic E-state index is 0.145. The van der Waals surface area contributed by atoms with Gasteiger partial charge < -0.3 is 75.5 Å². The van der Waals surface area contributed by atoms with E-state index in [-0.39, 0.29) is 6.61 Å². The maximum absolute atomic E-state index is 12.8. The number of ether oxygens (including phenoxy) is 4. The molecule has 0 bridgehead atoms. The Kier molecular flexibility index (Phi) is 13.3. The first-order valence-electron chi connectivity index (χ1n) is 14.8. The molecule has 0 unspecified atom stereocenters. The first-order chi connectivity index (χ1) is 22.4. The van der Waals surface area contributed by atoms with E-state index in [1.807, 2.05) is 0 Å². The van der Waals surface area contributed by atoms with E-state index in [1.54, 1.807) is 30.3 Å². The van der Waals surface area contributed by atoms with Gasteiger partial charge >= 0.3 is 11.9 Å². The van der Waals surface area contributed by atoms with Crippen molar-refractivity contribution >= 4 is 23.8 Å². The van der Waals surface area contributed by atoms with Crippen LogP contribution in [-0.4, -0.2) is 155 Å². The summed E-state index contributed by atoms with van der Waals surface area (Å²) in [4.78, 5) is 48.6. The van der Waals surface area contributed by atoms with Crippen molar-refractivity contribution in [2.45, 2.75) is 106 Å². The van der Waals surface area contributed by atoms with Gasteiger partial charge in [-0.2, -0.15) is 0 Å². The van der Waals surface area contributed by atoms with Crippen LogP contribution in [-0.2, 0) is 44.7 Å². The fourth-order valence-electron chi connectivity index (χ4n) is 5.58. The van der Waals surface area contributed by atoms with Crippen molar-refractivity contribution in [3.8, 4) is 0 Å². The highest BCUT2D eigenvalue weighted by Crippen LogP contribution is 2.37. The van der Waals surface area contributed by atoms with E-state index in [9.17, 15) is 65.1 Å². The van der Waals surface area contributed by atoms with Crippen molar-refractivity contribution in [2.75, 3.05) is 13.2 Å². The van der Waals surface area contributed by atoms with Crippen LogP contribution in [0.3, 0.4) is 0 Å². The summed E-state index contributed by atoms with van der Waals surface area (Å²) in [6.07, 6.45) is -17.8. The summed E-state index contributed by atoms with van der Waals surface area (Å²) in [5, 5.41) is 98.9. The molecule has 0 aromatic heterocycles. The quantitative estimate of drug-likeness (QED) is 0.0826. The number of aliphatic hydroxyl groups excluding tert-OH is 6. The third-order valence-electron chi connectivity index (χ3n) is 7.93. The number of hydrogen-bond acceptors (Lipinski definition) is 15. The number of carboxylic acids is 2. The molecule has 11 N–H and O–H groups in total. The van der Waals surface area contributed by atoms with Crippen molar-refractivity contribution in [3.05, 3.63) is 35.9 Å². The van der Waals surface area contributed by atoms with Gasteiger partial charge in [0.05, 0.1) is 44.1 Å². The van der Waals surface area contributed by atoms with E-state index in [0.29, 0.717) is 5.56 Å². The highest BCUT2D eigenvalue weighted by Gasteiger charge is 2.59. The van der Waals surface area contributed by atoms with Gasteiger partial charge in [-0.1, -0.05) is 30.3 Å². The molecule has 0 aliphatic carbocycles. The Hall–Kier alpha value is -3.34. The van der Waals surface area contributed by atoms with Gasteiger partial charge in [-0.25, -0.2) is 9.59 Å². The minimum atomic E-state index is -3.08. The number of benzene rings is 1. The lowest BCUT2D eigenvalue weighted by molar-refractivity contribution is -0.343. The number of nitrogens with one attached hydrogen (secondary N) is 2. The fourth-order valence-corrected chi connectivity index (χ4v) is 5.58. The van der Waals surface area contributed by atoms with Gasteiger partial charge in [-0.15, -0.1) is 0 Å². The van der Waals surface area contributed by atoms with Gasteiger partial charge in [0.2, 0.25) is 11.8 Å². The lowest BCUT2D eigenvalue weighted by Crippen LogP contribution is -2.70. The summed E-state index contributed by atoms with van der Waals surface area (Å²) in [6.45, 7) is 0.179. The van der Waals surface area contributed by atoms with Crippen LogP contribution in [0.25, 0.3) is 0 Å². The van der Waals surface area contributed by atoms with E-state index >= 15 is 0 Å². The van der Waals surface area contributed by atoms with Gasteiger partial charge in [-0.05, 0) is 5.56 Å². The summed E-state index contributed by atoms with van der Waals surface area (Å²) in [7, 11) is 0. The number of hydrogen-bond donors (Lipinski definition) is 11. The zero-order chi connectivity index (χ0) is 36.0. The van der Waals surface area contributed by atoms with Gasteiger partial charge in [0.15, 0.2) is 0 Å². The van der Waals surface area contributed by atoms with Crippen molar-refractivity contribution < 1.29 is 84.1 Å². The van der Waals surface area contributed by atoms with E-state index in [2.05, 4.69) is 10.6 Å². The molecule has 1 aromatic rings. The molecular formula is C29H42N2O17. The predicted octanol–water partition coefficient (Wildman–Crippen LogP) is -4.47. The molecule has 2 heterocycles. The molecule has 0 saturated carbocycles. The van der Waals surface area contributed by atoms with Crippen LogP contribution >= 0.6 is 0 Å². The average molecular weight is 691 g/mol. The third-order valence-corrected chi connectivity index (χ3v) is 7.93. The summed E-state index contributed by atoms with van der Waals surface area (Å²) in [5.74, 6) is -11.5. The standard InChI is InChI=1S/C29H42N2O17/c1-13(33)30-20-16(35)8-28(44,26(40)41)47-25(20)23(39)19(12-45-11-15-6-4-3-5-7-15)46-29(27(42)43)9-17(36)21(31-14(2)34)24(48-29)22(38)18(37)10-32/h3-7,16-25,32,35-39,44H,8-12H2,1-2H3,(H,30,33)(H,31,34)(H,40,41)(H,42,43)/t16-,17-,18+,19+,20+,21+,22+,23+,24+,25+,28+,29+/m0/s1. The Labute approximate surface area is 273 Å². The van der Waals surface area contributed by atoms with E-state index in [4.69, 9.17) is 18.9 Å². The summed E-state index contributed by atoms with van der Waals surface area (Å²) < 4.78 is 22.4. The number of aliphatic carboxylic acids is 2. The first-order valence-corrected chi connectivity index (χ1v) is 14.8. The zero-order valence-corrected chi connectivity index (χ0v) is 26.0. The molecule has 0 spiro atoms. The molecule has 1 aromatic carbocycles. The monoisotopic (exact) mass is 690 g/mol. The van der Waals surface area contributed by atoms with E-state index in [0.717, 1.165) is 13.8 Å². The highest BCUT2D eigenvalue weighted by molar-refractivity contribution is 5.77. The Morgan fingerprint density at radius 2 is 1.42 bits per heavy atom. The molecular weight excluding hydrogens is 648 g/mol. The van der Waals surface area contributed by atoms with Crippen molar-refractivity contribution in [3.63, 3.8) is 0 Å². The van der Waals surface area contributed by atoms with Gasteiger partial charge in [0.1, 0.15) is 36.6 Å². The van der Waals surface area contributed by atoms with Crippen LogP contribution in [0.2, 0.25) is 0 Å². The van der Waals surface area contributed by atoms with E-state index < -0.39 is 122 Å². The Balaban J connectivity index is 2.06. The molecule has 3 rings (SSSR count). The van der Waals surface area contributed by atoms with E-state index in [1.165, 1.54) is 0 Å². The molecule has 19 nitrogen and oxygen atoms in total. The molecule has 2 aliphatic rings. The average Bonchev–Trinajstić information content (AvgIpc) is 3.01. The molecule has 2 fully saturated rings. The van der Waals surface area contributed by atoms with Crippen LogP contribution < -0.4 is 10.6 Å². The predicted molar refractivity (Wildman–Crippen MR) is 155 cm³/mol. The van der Waals surface area contributed by atoms with Gasteiger partial charge in [0.25, 0.3) is 11.6 Å². The Morgan fingerprint density at radius 3 is 1.92 bits per heavy atom. The molecule has 2 amide bonds. The number of aliphatic hydroxyl groups is 7. The van der Waals surface area contributed by atoms with Crippen LogP contribution in [0.15, 0.2) is 30.3 Å². The summed E-state index contributed by atoms with van der Waals surface area (Å²) >= 11 is 0. The van der Waals surface area contributed by atoms with Gasteiger partial charge in [0, 0.05) is 26.7 Å².